The number of carbonyl (C=O) groups is 3. The van der Waals surface area contributed by atoms with Crippen LogP contribution in [0.1, 0.15) is 34.1 Å². The Morgan fingerprint density at radius 2 is 1.59 bits per heavy atom. The maximum atomic E-state index is 11.5. The van der Waals surface area contributed by atoms with Crippen LogP contribution in [-0.4, -0.2) is 30.9 Å². The molecule has 0 aromatic rings. The second-order valence-corrected chi connectivity index (χ2v) is 3.77. The summed E-state index contributed by atoms with van der Waals surface area (Å²) in [5.41, 5.74) is 0. The molecule has 0 amide bonds. The summed E-state index contributed by atoms with van der Waals surface area (Å²) in [6.45, 7) is 6.85. The van der Waals surface area contributed by atoms with Gasteiger partial charge in [0, 0.05) is 5.92 Å². The minimum atomic E-state index is -0.673. The van der Waals surface area contributed by atoms with Crippen LogP contribution in [0.3, 0.4) is 0 Å². The van der Waals surface area contributed by atoms with Gasteiger partial charge in [0.1, 0.15) is 5.78 Å². The van der Waals surface area contributed by atoms with Crippen LogP contribution in [0.4, 0.5) is 0 Å². The SMILES string of the molecule is CCOC(=O)CC(C(C)=O)C(C)C(=O)OCC. The lowest BCUT2D eigenvalue weighted by molar-refractivity contribution is -0.154. The third-order valence-electron chi connectivity index (χ3n) is 2.48. The van der Waals surface area contributed by atoms with E-state index in [9.17, 15) is 14.4 Å². The molecule has 0 radical (unpaired) electrons. The van der Waals surface area contributed by atoms with Crippen molar-refractivity contribution >= 4 is 17.7 Å². The van der Waals surface area contributed by atoms with Gasteiger partial charge in [-0.1, -0.05) is 6.92 Å². The molecule has 0 fully saturated rings. The molecular weight excluding hydrogens is 224 g/mol. The van der Waals surface area contributed by atoms with E-state index in [1.54, 1.807) is 20.8 Å². The lowest BCUT2D eigenvalue weighted by Crippen LogP contribution is -2.30. The number of ketones is 1. The van der Waals surface area contributed by atoms with Crippen LogP contribution < -0.4 is 0 Å². The largest absolute Gasteiger partial charge is 0.466 e. The lowest BCUT2D eigenvalue weighted by Gasteiger charge is -2.19. The van der Waals surface area contributed by atoms with Gasteiger partial charge < -0.3 is 9.47 Å². The molecule has 0 aromatic carbocycles. The fraction of sp³-hybridized carbons (Fsp3) is 0.750. The van der Waals surface area contributed by atoms with Crippen LogP contribution in [-0.2, 0) is 23.9 Å². The first-order chi connectivity index (χ1) is 7.93. The Balaban J connectivity index is 4.57. The molecule has 0 heterocycles. The molecule has 0 saturated heterocycles. The topological polar surface area (TPSA) is 69.7 Å². The Labute approximate surface area is 101 Å². The van der Waals surface area contributed by atoms with Crippen molar-refractivity contribution in [2.24, 2.45) is 11.8 Å². The fourth-order valence-electron chi connectivity index (χ4n) is 1.51. The Morgan fingerprint density at radius 3 is 2.00 bits per heavy atom. The molecule has 0 aromatic heterocycles. The molecule has 0 spiro atoms. The van der Waals surface area contributed by atoms with Crippen molar-refractivity contribution in [1.29, 1.82) is 0 Å². The quantitative estimate of drug-likeness (QED) is 0.632. The molecule has 2 unspecified atom stereocenters. The molecule has 17 heavy (non-hydrogen) atoms. The van der Waals surface area contributed by atoms with Crippen molar-refractivity contribution in [3.63, 3.8) is 0 Å². The first-order valence-corrected chi connectivity index (χ1v) is 5.76. The molecule has 5 heteroatoms. The zero-order valence-corrected chi connectivity index (χ0v) is 10.8. The summed E-state index contributed by atoms with van der Waals surface area (Å²) in [5, 5.41) is 0. The first-order valence-electron chi connectivity index (χ1n) is 5.76. The Hall–Kier alpha value is -1.39. The molecular formula is C12H20O5. The van der Waals surface area contributed by atoms with Gasteiger partial charge in [-0.3, -0.25) is 14.4 Å². The second-order valence-electron chi connectivity index (χ2n) is 3.77. The maximum Gasteiger partial charge on any atom is 0.309 e. The monoisotopic (exact) mass is 244 g/mol. The third-order valence-corrected chi connectivity index (χ3v) is 2.48. The number of hydrogen-bond donors (Lipinski definition) is 0. The minimum absolute atomic E-state index is 0.0802. The zero-order valence-electron chi connectivity index (χ0n) is 10.8. The standard InChI is InChI=1S/C12H20O5/c1-5-16-11(14)7-10(9(4)13)8(3)12(15)17-6-2/h8,10H,5-7H2,1-4H3. The smallest absolute Gasteiger partial charge is 0.309 e. The summed E-state index contributed by atoms with van der Waals surface area (Å²) in [4.78, 5) is 34.2. The van der Waals surface area contributed by atoms with E-state index in [0.29, 0.717) is 0 Å². The average molecular weight is 244 g/mol. The Bertz CT molecular complexity index is 285. The highest BCUT2D eigenvalue weighted by Gasteiger charge is 2.31. The average Bonchev–Trinajstić information content (AvgIpc) is 2.25. The highest BCUT2D eigenvalue weighted by atomic mass is 16.5. The van der Waals surface area contributed by atoms with Gasteiger partial charge in [-0.2, -0.15) is 0 Å². The molecule has 5 nitrogen and oxygen atoms in total. The van der Waals surface area contributed by atoms with Gasteiger partial charge >= 0.3 is 11.9 Å². The summed E-state index contributed by atoms with van der Waals surface area (Å²) in [6.07, 6.45) is -0.0802. The van der Waals surface area contributed by atoms with Crippen LogP contribution in [0, 0.1) is 11.8 Å². The van der Waals surface area contributed by atoms with Crippen molar-refractivity contribution in [3.8, 4) is 0 Å². The summed E-state index contributed by atoms with van der Waals surface area (Å²) >= 11 is 0. The van der Waals surface area contributed by atoms with E-state index in [1.807, 2.05) is 0 Å². The van der Waals surface area contributed by atoms with E-state index in [0.717, 1.165) is 0 Å². The van der Waals surface area contributed by atoms with E-state index >= 15 is 0 Å². The van der Waals surface area contributed by atoms with Crippen LogP contribution in [0.15, 0.2) is 0 Å². The molecule has 0 N–H and O–H groups in total. The molecule has 0 aliphatic carbocycles. The van der Waals surface area contributed by atoms with Crippen LogP contribution in [0.2, 0.25) is 0 Å². The van der Waals surface area contributed by atoms with Gasteiger partial charge in [0.15, 0.2) is 0 Å². The summed E-state index contributed by atoms with van der Waals surface area (Å²) < 4.78 is 9.60. The molecule has 0 rings (SSSR count). The number of carbonyl (C=O) groups excluding carboxylic acids is 3. The van der Waals surface area contributed by atoms with Crippen molar-refractivity contribution in [2.45, 2.75) is 34.1 Å². The lowest BCUT2D eigenvalue weighted by atomic mass is 9.88. The number of hydrogen-bond acceptors (Lipinski definition) is 5. The predicted octanol–water partition coefficient (Wildman–Crippen LogP) is 1.34. The van der Waals surface area contributed by atoms with Crippen LogP contribution in [0.5, 0.6) is 0 Å². The van der Waals surface area contributed by atoms with Gasteiger partial charge in [0.25, 0.3) is 0 Å². The number of esters is 2. The first kappa shape index (κ1) is 15.6. The Morgan fingerprint density at radius 1 is 1.06 bits per heavy atom. The second kappa shape index (κ2) is 7.81. The molecule has 98 valence electrons. The van der Waals surface area contributed by atoms with Gasteiger partial charge in [-0.15, -0.1) is 0 Å². The Kier molecular flexibility index (Phi) is 7.18. The van der Waals surface area contributed by atoms with Crippen molar-refractivity contribution in [2.75, 3.05) is 13.2 Å². The van der Waals surface area contributed by atoms with Crippen LogP contribution >= 0.6 is 0 Å². The predicted molar refractivity (Wildman–Crippen MR) is 61.2 cm³/mol. The summed E-state index contributed by atoms with van der Waals surface area (Å²) in [5.74, 6) is -2.44. The molecule has 0 bridgehead atoms. The molecule has 0 aliphatic rings. The van der Waals surface area contributed by atoms with Crippen molar-refractivity contribution in [1.82, 2.24) is 0 Å². The molecule has 2 atom stereocenters. The fourth-order valence-corrected chi connectivity index (χ4v) is 1.51. The number of ether oxygens (including phenoxy) is 2. The van der Waals surface area contributed by atoms with Crippen molar-refractivity contribution < 1.29 is 23.9 Å². The maximum absolute atomic E-state index is 11.5. The van der Waals surface area contributed by atoms with Gasteiger partial charge in [-0.25, -0.2) is 0 Å². The summed E-state index contributed by atoms with van der Waals surface area (Å²) in [7, 11) is 0. The van der Waals surface area contributed by atoms with E-state index in [1.165, 1.54) is 6.92 Å². The zero-order chi connectivity index (χ0) is 13.4. The van der Waals surface area contributed by atoms with Crippen LogP contribution in [0.25, 0.3) is 0 Å². The third kappa shape index (κ3) is 5.47. The van der Waals surface area contributed by atoms with Crippen molar-refractivity contribution in [3.05, 3.63) is 0 Å². The van der Waals surface area contributed by atoms with Gasteiger partial charge in [-0.05, 0) is 20.8 Å². The van der Waals surface area contributed by atoms with Gasteiger partial charge in [0.2, 0.25) is 0 Å². The van der Waals surface area contributed by atoms with E-state index in [2.05, 4.69) is 0 Å². The highest BCUT2D eigenvalue weighted by Crippen LogP contribution is 2.19. The van der Waals surface area contributed by atoms with E-state index < -0.39 is 23.8 Å². The molecule has 0 saturated carbocycles. The normalized spacial score (nSPS) is 13.6. The highest BCUT2D eigenvalue weighted by molar-refractivity contribution is 5.88. The molecule has 0 aliphatic heterocycles. The minimum Gasteiger partial charge on any atom is -0.466 e. The number of rotatable bonds is 7. The van der Waals surface area contributed by atoms with Gasteiger partial charge in [0.05, 0.1) is 25.6 Å². The number of Topliss-reactive ketones (excluding diaryl/α,β-unsaturated/α-hetero) is 1. The van der Waals surface area contributed by atoms with E-state index in [-0.39, 0.29) is 25.4 Å². The van der Waals surface area contributed by atoms with E-state index in [4.69, 9.17) is 9.47 Å². The summed E-state index contributed by atoms with van der Waals surface area (Å²) in [6, 6.07) is 0.